The number of aromatic nitrogens is 1. The molecule has 0 saturated heterocycles. The van der Waals surface area contributed by atoms with Gasteiger partial charge in [-0.1, -0.05) is 58.4 Å². The van der Waals surface area contributed by atoms with Crippen LogP contribution in [0.3, 0.4) is 0 Å². The first-order valence-electron chi connectivity index (χ1n) is 12.1. The van der Waals surface area contributed by atoms with Crippen LogP contribution in [0.4, 0.5) is 25.6 Å². The number of amides is 1. The Morgan fingerprint density at radius 2 is 1.76 bits per heavy atom. The minimum Gasteiger partial charge on any atom is -0.459 e. The van der Waals surface area contributed by atoms with Gasteiger partial charge in [0.2, 0.25) is 0 Å². The molecule has 0 saturated carbocycles. The summed E-state index contributed by atoms with van der Waals surface area (Å²) < 4.78 is 48.6. The molecule has 14 heteroatoms. The molecular weight excluding hydrogens is 643 g/mol. The Hall–Kier alpha value is -3.48. The summed E-state index contributed by atoms with van der Waals surface area (Å²) >= 11 is 4.80. The van der Waals surface area contributed by atoms with Crippen molar-refractivity contribution in [3.8, 4) is 11.3 Å². The van der Waals surface area contributed by atoms with Crippen LogP contribution in [-0.4, -0.2) is 23.5 Å². The van der Waals surface area contributed by atoms with Gasteiger partial charge in [0.1, 0.15) is 0 Å². The average molecular weight is 666 g/mol. The average Bonchev–Trinajstić information content (AvgIpc) is 3.48. The highest BCUT2D eigenvalue weighted by Crippen LogP contribution is 2.53. The number of carbonyl (C=O) groups is 2. The number of nitrogens with one attached hydrogen (secondary N) is 1. The van der Waals surface area contributed by atoms with E-state index in [2.05, 4.69) is 30.7 Å². The van der Waals surface area contributed by atoms with Crippen molar-refractivity contribution < 1.29 is 37.4 Å². The first kappa shape index (κ1) is 30.5. The number of hydrogen-bond donors (Lipinski definition) is 1. The standard InChI is InChI=1S/C27H23BrF2N3O6PS/c1-2-37-26(35)25(34)31-21-12-10-19(11-13-21)24-17-41-27(32-24)33(22-6-4-3-5-7-22)15-18-8-9-20(23(28)14-18)16-40(36,38-29)39-30/h3-14,17H,2,15-16H2,1H3,(H,31,34). The summed E-state index contributed by atoms with van der Waals surface area (Å²) in [5, 5.41) is 5.10. The van der Waals surface area contributed by atoms with E-state index in [9.17, 15) is 23.2 Å². The number of rotatable bonds is 11. The van der Waals surface area contributed by atoms with Gasteiger partial charge in [0.05, 0.1) is 25.0 Å². The van der Waals surface area contributed by atoms with Crippen molar-refractivity contribution in [2.24, 2.45) is 0 Å². The maximum Gasteiger partial charge on any atom is 0.399 e. The van der Waals surface area contributed by atoms with Crippen LogP contribution < -0.4 is 10.2 Å². The van der Waals surface area contributed by atoms with Gasteiger partial charge in [0.25, 0.3) is 0 Å². The minimum absolute atomic E-state index is 0.106. The maximum atomic E-state index is 12.5. The molecule has 0 fully saturated rings. The van der Waals surface area contributed by atoms with E-state index in [-0.39, 0.29) is 6.61 Å². The Morgan fingerprint density at radius 3 is 2.39 bits per heavy atom. The number of hydrogen-bond acceptors (Lipinski definition) is 9. The number of nitrogens with zero attached hydrogens (tertiary/aromatic N) is 2. The minimum atomic E-state index is -4.54. The number of ether oxygens (including phenoxy) is 1. The quantitative estimate of drug-likeness (QED) is 0.0979. The van der Waals surface area contributed by atoms with E-state index in [0.717, 1.165) is 16.8 Å². The van der Waals surface area contributed by atoms with Crippen LogP contribution in [0.15, 0.2) is 82.6 Å². The molecule has 0 bridgehead atoms. The summed E-state index contributed by atoms with van der Waals surface area (Å²) in [5.74, 6) is -1.81. The summed E-state index contributed by atoms with van der Waals surface area (Å²) in [6.45, 7) is 2.12. The zero-order valence-electron chi connectivity index (χ0n) is 21.5. The Labute approximate surface area is 246 Å². The lowest BCUT2D eigenvalue weighted by molar-refractivity contribution is -0.152. The van der Waals surface area contributed by atoms with Gasteiger partial charge in [-0.25, -0.2) is 9.78 Å². The molecule has 3 aromatic carbocycles. The molecule has 4 rings (SSSR count). The number of thiazole rings is 1. The fourth-order valence-electron chi connectivity index (χ4n) is 3.77. The summed E-state index contributed by atoms with van der Waals surface area (Å²) in [5.41, 5.74) is 4.01. The predicted octanol–water partition coefficient (Wildman–Crippen LogP) is 7.91. The largest absolute Gasteiger partial charge is 0.459 e. The molecule has 1 N–H and O–H groups in total. The molecule has 1 amide bonds. The van der Waals surface area contributed by atoms with Gasteiger partial charge in [-0.2, -0.15) is 0 Å². The topological polar surface area (TPSA) is 107 Å². The normalized spacial score (nSPS) is 11.2. The molecule has 0 atom stereocenters. The van der Waals surface area contributed by atoms with Gasteiger partial charge in [-0.05, 0) is 57.4 Å². The van der Waals surface area contributed by atoms with Crippen molar-refractivity contribution in [2.45, 2.75) is 19.6 Å². The Morgan fingerprint density at radius 1 is 1.05 bits per heavy atom. The van der Waals surface area contributed by atoms with Crippen LogP contribution in [-0.2, 0) is 41.1 Å². The van der Waals surface area contributed by atoms with Crippen molar-refractivity contribution >= 4 is 63.2 Å². The number of anilines is 3. The van der Waals surface area contributed by atoms with Crippen molar-refractivity contribution in [3.05, 3.63) is 93.8 Å². The Balaban J connectivity index is 1.55. The van der Waals surface area contributed by atoms with Crippen molar-refractivity contribution in [1.82, 2.24) is 4.98 Å². The number of halogens is 3. The van der Waals surface area contributed by atoms with E-state index in [1.807, 2.05) is 40.6 Å². The number of benzene rings is 3. The monoisotopic (exact) mass is 665 g/mol. The van der Waals surface area contributed by atoms with Gasteiger partial charge in [-0.15, -0.1) is 20.8 Å². The number of esters is 1. The molecule has 9 nitrogen and oxygen atoms in total. The van der Waals surface area contributed by atoms with Crippen LogP contribution in [0.1, 0.15) is 18.1 Å². The van der Waals surface area contributed by atoms with Crippen LogP contribution in [0, 0.1) is 0 Å². The Bertz CT molecular complexity index is 1550. The molecule has 1 aromatic heterocycles. The lowest BCUT2D eigenvalue weighted by Crippen LogP contribution is -2.24. The number of carbonyl (C=O) groups excluding carboxylic acids is 2. The molecule has 1 heterocycles. The highest BCUT2D eigenvalue weighted by molar-refractivity contribution is 9.10. The van der Waals surface area contributed by atoms with Gasteiger partial charge in [0.15, 0.2) is 5.13 Å². The fraction of sp³-hybridized carbons (Fsp3) is 0.148. The summed E-state index contributed by atoms with van der Waals surface area (Å²) in [7, 11) is -4.54. The second kappa shape index (κ2) is 13.9. The lowest BCUT2D eigenvalue weighted by Gasteiger charge is -2.22. The lowest BCUT2D eigenvalue weighted by atomic mass is 10.1. The third kappa shape index (κ3) is 7.84. The first-order valence-corrected chi connectivity index (χ1v) is 15.5. The highest BCUT2D eigenvalue weighted by atomic mass is 79.9. The van der Waals surface area contributed by atoms with Crippen molar-refractivity contribution in [2.75, 3.05) is 16.8 Å². The van der Waals surface area contributed by atoms with Gasteiger partial charge in [-0.3, -0.25) is 9.36 Å². The van der Waals surface area contributed by atoms with Crippen LogP contribution >= 0.6 is 34.9 Å². The molecule has 0 radical (unpaired) electrons. The summed E-state index contributed by atoms with van der Waals surface area (Å²) in [4.78, 5) is 30.3. The third-order valence-electron chi connectivity index (χ3n) is 5.72. The smallest absolute Gasteiger partial charge is 0.399 e. The first-order chi connectivity index (χ1) is 19.7. The van der Waals surface area contributed by atoms with E-state index >= 15 is 0 Å². The van der Waals surface area contributed by atoms with E-state index in [1.165, 1.54) is 11.3 Å². The van der Waals surface area contributed by atoms with E-state index in [4.69, 9.17) is 9.72 Å². The van der Waals surface area contributed by atoms with Crippen molar-refractivity contribution in [3.63, 3.8) is 0 Å². The third-order valence-corrected chi connectivity index (χ3v) is 8.47. The SMILES string of the molecule is CCOC(=O)C(=O)Nc1ccc(-c2csc(N(Cc3ccc(CP(=O)(OF)OF)c(Br)c3)c3ccccc3)n2)cc1. The van der Waals surface area contributed by atoms with Gasteiger partial charge < -0.3 is 15.0 Å². The Kier molecular flexibility index (Phi) is 10.4. The molecule has 214 valence electrons. The summed E-state index contributed by atoms with van der Waals surface area (Å²) in [6.07, 6.45) is -0.593. The van der Waals surface area contributed by atoms with Crippen molar-refractivity contribution in [1.29, 1.82) is 0 Å². The molecule has 41 heavy (non-hydrogen) atoms. The second-order valence-electron chi connectivity index (χ2n) is 8.52. The highest BCUT2D eigenvalue weighted by Gasteiger charge is 2.29. The molecule has 0 aliphatic heterocycles. The molecular formula is C27H23BrF2N3O6PS. The second-order valence-corrected chi connectivity index (χ2v) is 12.0. The molecule has 0 spiro atoms. The molecule has 0 aliphatic rings. The molecule has 4 aromatic rings. The predicted molar refractivity (Wildman–Crippen MR) is 155 cm³/mol. The van der Waals surface area contributed by atoms with E-state index < -0.39 is 25.6 Å². The number of para-hydroxylation sites is 1. The van der Waals surface area contributed by atoms with E-state index in [1.54, 1.807) is 49.4 Å². The zero-order chi connectivity index (χ0) is 29.4. The molecule has 0 unspecified atom stereocenters. The van der Waals surface area contributed by atoms with Gasteiger partial charge in [0, 0.05) is 26.8 Å². The maximum absolute atomic E-state index is 12.5. The molecule has 0 aliphatic carbocycles. The van der Waals surface area contributed by atoms with Crippen LogP contribution in [0.2, 0.25) is 0 Å². The van der Waals surface area contributed by atoms with Crippen LogP contribution in [0.5, 0.6) is 0 Å². The van der Waals surface area contributed by atoms with E-state index in [0.29, 0.717) is 33.1 Å². The van der Waals surface area contributed by atoms with Crippen LogP contribution in [0.25, 0.3) is 11.3 Å². The summed E-state index contributed by atoms with van der Waals surface area (Å²) in [6, 6.07) is 21.6. The zero-order valence-corrected chi connectivity index (χ0v) is 24.8. The fourth-order valence-corrected chi connectivity index (χ4v) is 6.22. The van der Waals surface area contributed by atoms with Gasteiger partial charge >= 0.3 is 19.5 Å².